The number of rotatable bonds is 3. The van der Waals surface area contributed by atoms with Crippen molar-refractivity contribution in [1.29, 1.82) is 0 Å². The van der Waals surface area contributed by atoms with Crippen molar-refractivity contribution < 1.29 is 0 Å². The minimum Gasteiger partial charge on any atom is -0.313 e. The van der Waals surface area contributed by atoms with Crippen molar-refractivity contribution in [3.05, 3.63) is 47.3 Å². The number of fused-ring (bicyclic) bond motifs is 1. The fourth-order valence-electron chi connectivity index (χ4n) is 2.88. The Morgan fingerprint density at radius 1 is 1.25 bits per heavy atom. The second-order valence-electron chi connectivity index (χ2n) is 5.38. The normalized spacial score (nSPS) is 17.8. The molecule has 0 saturated carbocycles. The summed E-state index contributed by atoms with van der Waals surface area (Å²) in [7, 11) is 2.01. The summed E-state index contributed by atoms with van der Waals surface area (Å²) in [6, 6.07) is 8.98. The summed E-state index contributed by atoms with van der Waals surface area (Å²) >= 11 is 0. The molecule has 3 heteroatoms. The molecule has 1 atom stereocenters. The number of aryl methyl sites for hydroxylation is 2. The van der Waals surface area contributed by atoms with Crippen LogP contribution >= 0.6 is 0 Å². The van der Waals surface area contributed by atoms with Crippen LogP contribution in [-0.2, 0) is 12.8 Å². The Morgan fingerprint density at radius 2 is 2.05 bits per heavy atom. The van der Waals surface area contributed by atoms with Crippen molar-refractivity contribution in [2.24, 2.45) is 0 Å². The predicted octanol–water partition coefficient (Wildman–Crippen LogP) is 3.30. The molecule has 104 valence electrons. The highest BCUT2D eigenvalue weighted by atomic mass is 14.9. The van der Waals surface area contributed by atoms with Gasteiger partial charge in [0.2, 0.25) is 0 Å². The standard InChI is InChI=1S/C17H21N3/c1-3-12-7-9-13(10-8-12)17-19-11-14-15(18-2)5-4-6-16(14)20-17/h7-11,15,18H,3-6H2,1-2H3. The molecule has 1 N–H and O–H groups in total. The van der Waals surface area contributed by atoms with E-state index in [1.165, 1.54) is 29.7 Å². The summed E-state index contributed by atoms with van der Waals surface area (Å²) in [6.45, 7) is 2.17. The summed E-state index contributed by atoms with van der Waals surface area (Å²) in [5, 5.41) is 3.35. The Labute approximate surface area is 120 Å². The monoisotopic (exact) mass is 267 g/mol. The van der Waals surface area contributed by atoms with E-state index in [1.807, 2.05) is 13.2 Å². The Morgan fingerprint density at radius 3 is 2.75 bits per heavy atom. The van der Waals surface area contributed by atoms with E-state index in [0.717, 1.165) is 24.2 Å². The minimum atomic E-state index is 0.412. The average molecular weight is 267 g/mol. The Bertz CT molecular complexity index is 590. The molecule has 1 aliphatic carbocycles. The van der Waals surface area contributed by atoms with E-state index >= 15 is 0 Å². The third-order valence-electron chi connectivity index (χ3n) is 4.15. The first kappa shape index (κ1) is 13.3. The zero-order valence-electron chi connectivity index (χ0n) is 12.2. The van der Waals surface area contributed by atoms with Gasteiger partial charge in [0.1, 0.15) is 0 Å². The molecule has 1 aromatic heterocycles. The fourth-order valence-corrected chi connectivity index (χ4v) is 2.88. The summed E-state index contributed by atoms with van der Waals surface area (Å²) in [4.78, 5) is 9.35. The van der Waals surface area contributed by atoms with Gasteiger partial charge < -0.3 is 5.32 Å². The molecule has 3 nitrogen and oxygen atoms in total. The molecule has 0 spiro atoms. The van der Waals surface area contributed by atoms with Gasteiger partial charge in [0.05, 0.1) is 0 Å². The van der Waals surface area contributed by atoms with Gasteiger partial charge in [-0.1, -0.05) is 31.2 Å². The Kier molecular flexibility index (Phi) is 3.79. The van der Waals surface area contributed by atoms with Crippen LogP contribution in [0.15, 0.2) is 30.5 Å². The summed E-state index contributed by atoms with van der Waals surface area (Å²) in [6.07, 6.45) is 6.51. The highest BCUT2D eigenvalue weighted by Gasteiger charge is 2.20. The quantitative estimate of drug-likeness (QED) is 0.927. The van der Waals surface area contributed by atoms with E-state index in [0.29, 0.717) is 6.04 Å². The number of hydrogen-bond donors (Lipinski definition) is 1. The smallest absolute Gasteiger partial charge is 0.159 e. The minimum absolute atomic E-state index is 0.412. The van der Waals surface area contributed by atoms with E-state index < -0.39 is 0 Å². The van der Waals surface area contributed by atoms with Crippen LogP contribution in [0.3, 0.4) is 0 Å². The molecule has 20 heavy (non-hydrogen) atoms. The summed E-state index contributed by atoms with van der Waals surface area (Å²) in [5.41, 5.74) is 4.94. The van der Waals surface area contributed by atoms with Crippen LogP contribution in [0.4, 0.5) is 0 Å². The van der Waals surface area contributed by atoms with Gasteiger partial charge in [-0.05, 0) is 38.3 Å². The van der Waals surface area contributed by atoms with Crippen LogP contribution in [0.5, 0.6) is 0 Å². The number of nitrogens with one attached hydrogen (secondary N) is 1. The highest BCUT2D eigenvalue weighted by Crippen LogP contribution is 2.29. The number of hydrogen-bond acceptors (Lipinski definition) is 3. The maximum Gasteiger partial charge on any atom is 0.159 e. The van der Waals surface area contributed by atoms with Crippen LogP contribution in [0.1, 0.15) is 42.6 Å². The summed E-state index contributed by atoms with van der Waals surface area (Å²) in [5.74, 6) is 0.850. The molecule has 1 aliphatic rings. The van der Waals surface area contributed by atoms with Gasteiger partial charge in [-0.15, -0.1) is 0 Å². The molecule has 1 unspecified atom stereocenters. The highest BCUT2D eigenvalue weighted by molar-refractivity contribution is 5.55. The predicted molar refractivity (Wildman–Crippen MR) is 81.6 cm³/mol. The average Bonchev–Trinajstić information content (AvgIpc) is 2.53. The van der Waals surface area contributed by atoms with Crippen LogP contribution < -0.4 is 5.32 Å². The molecule has 0 bridgehead atoms. The van der Waals surface area contributed by atoms with Gasteiger partial charge in [0.25, 0.3) is 0 Å². The van der Waals surface area contributed by atoms with E-state index in [4.69, 9.17) is 4.98 Å². The first-order valence-electron chi connectivity index (χ1n) is 7.44. The second-order valence-corrected chi connectivity index (χ2v) is 5.38. The SMILES string of the molecule is CCc1ccc(-c2ncc3c(n2)CCCC3NC)cc1. The Hall–Kier alpha value is -1.74. The van der Waals surface area contributed by atoms with Gasteiger partial charge in [-0.2, -0.15) is 0 Å². The van der Waals surface area contributed by atoms with Crippen LogP contribution in [0.25, 0.3) is 11.4 Å². The van der Waals surface area contributed by atoms with Crippen molar-refractivity contribution in [1.82, 2.24) is 15.3 Å². The Balaban J connectivity index is 1.95. The lowest BCUT2D eigenvalue weighted by Crippen LogP contribution is -2.22. The van der Waals surface area contributed by atoms with Gasteiger partial charge in [-0.3, -0.25) is 0 Å². The van der Waals surface area contributed by atoms with E-state index in [2.05, 4.69) is 41.5 Å². The van der Waals surface area contributed by atoms with E-state index in [9.17, 15) is 0 Å². The zero-order valence-corrected chi connectivity index (χ0v) is 12.2. The van der Waals surface area contributed by atoms with Crippen molar-refractivity contribution in [3.8, 4) is 11.4 Å². The fraction of sp³-hybridized carbons (Fsp3) is 0.412. The van der Waals surface area contributed by atoms with Gasteiger partial charge in [0, 0.05) is 29.1 Å². The van der Waals surface area contributed by atoms with Crippen molar-refractivity contribution in [2.45, 2.75) is 38.6 Å². The van der Waals surface area contributed by atoms with E-state index in [-0.39, 0.29) is 0 Å². The number of aromatic nitrogens is 2. The first-order valence-corrected chi connectivity index (χ1v) is 7.44. The van der Waals surface area contributed by atoms with Crippen LogP contribution in [0.2, 0.25) is 0 Å². The molecule has 0 aliphatic heterocycles. The van der Waals surface area contributed by atoms with Crippen molar-refractivity contribution in [3.63, 3.8) is 0 Å². The summed E-state index contributed by atoms with van der Waals surface area (Å²) < 4.78 is 0. The lowest BCUT2D eigenvalue weighted by molar-refractivity contribution is 0.488. The topological polar surface area (TPSA) is 37.8 Å². The zero-order chi connectivity index (χ0) is 13.9. The van der Waals surface area contributed by atoms with Gasteiger partial charge >= 0.3 is 0 Å². The maximum absolute atomic E-state index is 4.79. The largest absolute Gasteiger partial charge is 0.313 e. The lowest BCUT2D eigenvalue weighted by Gasteiger charge is -2.24. The molecule has 1 heterocycles. The third-order valence-corrected chi connectivity index (χ3v) is 4.15. The molecule has 1 aromatic carbocycles. The maximum atomic E-state index is 4.79. The first-order chi connectivity index (χ1) is 9.81. The van der Waals surface area contributed by atoms with Crippen LogP contribution in [-0.4, -0.2) is 17.0 Å². The molecular weight excluding hydrogens is 246 g/mol. The molecule has 0 radical (unpaired) electrons. The number of nitrogens with zero attached hydrogens (tertiary/aromatic N) is 2. The molecule has 3 rings (SSSR count). The van der Waals surface area contributed by atoms with Crippen LogP contribution in [0, 0.1) is 0 Å². The van der Waals surface area contributed by atoms with Crippen molar-refractivity contribution >= 4 is 0 Å². The van der Waals surface area contributed by atoms with Gasteiger partial charge in [-0.25, -0.2) is 9.97 Å². The molecule has 0 fully saturated rings. The van der Waals surface area contributed by atoms with E-state index in [1.54, 1.807) is 0 Å². The lowest BCUT2D eigenvalue weighted by atomic mass is 9.92. The molecule has 0 amide bonds. The molecular formula is C17H21N3. The second kappa shape index (κ2) is 5.71. The van der Waals surface area contributed by atoms with Crippen molar-refractivity contribution in [2.75, 3.05) is 7.05 Å². The molecule has 2 aromatic rings. The third kappa shape index (κ3) is 2.46. The molecule has 0 saturated heterocycles. The number of benzene rings is 1. The van der Waals surface area contributed by atoms with Gasteiger partial charge in [0.15, 0.2) is 5.82 Å².